The van der Waals surface area contributed by atoms with Crippen LogP contribution in [0.3, 0.4) is 0 Å². The predicted molar refractivity (Wildman–Crippen MR) is 98.5 cm³/mol. The normalized spacial score (nSPS) is 11.0. The van der Waals surface area contributed by atoms with Gasteiger partial charge in [-0.25, -0.2) is 8.42 Å². The summed E-state index contributed by atoms with van der Waals surface area (Å²) in [6.07, 6.45) is 1.08. The van der Waals surface area contributed by atoms with Crippen molar-refractivity contribution in [1.82, 2.24) is 10.2 Å². The molecule has 0 N–H and O–H groups in total. The van der Waals surface area contributed by atoms with E-state index in [4.69, 9.17) is 14.4 Å². The van der Waals surface area contributed by atoms with Crippen molar-refractivity contribution in [2.24, 2.45) is 0 Å². The van der Waals surface area contributed by atoms with Gasteiger partial charge in [0.05, 0.1) is 30.7 Å². The van der Waals surface area contributed by atoms with Crippen LogP contribution in [0.25, 0.3) is 11.5 Å². The number of rotatable bonds is 6. The Bertz CT molecular complexity index is 1090. The number of aromatic nitrogens is 2. The maximum Gasteiger partial charge on any atom is 0.247 e. The lowest BCUT2D eigenvalue weighted by molar-refractivity contribution is 0.415. The number of anilines is 1. The van der Waals surface area contributed by atoms with Crippen molar-refractivity contribution in [3.63, 3.8) is 0 Å². The highest BCUT2D eigenvalue weighted by molar-refractivity contribution is 7.92. The van der Waals surface area contributed by atoms with Gasteiger partial charge in [0.1, 0.15) is 12.3 Å². The largest absolute Gasteiger partial charge is 0.497 e. The van der Waals surface area contributed by atoms with Crippen LogP contribution in [-0.2, 0) is 16.6 Å². The van der Waals surface area contributed by atoms with E-state index in [2.05, 4.69) is 10.2 Å². The Morgan fingerprint density at radius 3 is 2.56 bits per heavy atom. The number of ether oxygens (including phenoxy) is 1. The molecule has 3 aromatic rings. The molecule has 0 aliphatic heterocycles. The van der Waals surface area contributed by atoms with Crippen molar-refractivity contribution in [3.05, 3.63) is 60.0 Å². The Labute approximate surface area is 156 Å². The van der Waals surface area contributed by atoms with Gasteiger partial charge in [-0.3, -0.25) is 4.31 Å². The fraction of sp³-hybridized carbons (Fsp3) is 0.167. The first-order chi connectivity index (χ1) is 12.9. The molecule has 27 heavy (non-hydrogen) atoms. The third kappa shape index (κ3) is 4.24. The molecular weight excluding hydrogens is 368 g/mol. The molecule has 0 saturated heterocycles. The van der Waals surface area contributed by atoms with E-state index < -0.39 is 10.0 Å². The van der Waals surface area contributed by atoms with E-state index in [0.29, 0.717) is 22.6 Å². The number of benzene rings is 2. The Morgan fingerprint density at radius 1 is 1.19 bits per heavy atom. The fourth-order valence-corrected chi connectivity index (χ4v) is 3.26. The summed E-state index contributed by atoms with van der Waals surface area (Å²) in [4.78, 5) is 0. The minimum atomic E-state index is -3.63. The van der Waals surface area contributed by atoms with Gasteiger partial charge in [-0.1, -0.05) is 6.07 Å². The summed E-state index contributed by atoms with van der Waals surface area (Å²) in [7, 11) is -2.06. The number of hydrogen-bond acceptors (Lipinski definition) is 7. The predicted octanol–water partition coefficient (Wildman–Crippen LogP) is 2.58. The number of nitrogens with zero attached hydrogens (tertiary/aromatic N) is 4. The molecule has 9 heteroatoms. The van der Waals surface area contributed by atoms with E-state index in [1.165, 1.54) is 6.07 Å². The summed E-state index contributed by atoms with van der Waals surface area (Å²) in [5.74, 6) is 1.10. The van der Waals surface area contributed by atoms with E-state index in [1.54, 1.807) is 49.6 Å². The maximum atomic E-state index is 12.2. The Morgan fingerprint density at radius 2 is 1.93 bits per heavy atom. The number of methoxy groups -OCH3 is 1. The van der Waals surface area contributed by atoms with Gasteiger partial charge < -0.3 is 9.15 Å². The highest BCUT2D eigenvalue weighted by Gasteiger charge is 2.21. The molecule has 0 unspecified atom stereocenters. The summed E-state index contributed by atoms with van der Waals surface area (Å²) < 4.78 is 36.3. The van der Waals surface area contributed by atoms with Crippen LogP contribution in [0.15, 0.2) is 52.9 Å². The first-order valence-corrected chi connectivity index (χ1v) is 9.70. The van der Waals surface area contributed by atoms with Crippen molar-refractivity contribution < 1.29 is 17.6 Å². The molecule has 0 radical (unpaired) electrons. The monoisotopic (exact) mass is 384 g/mol. The lowest BCUT2D eigenvalue weighted by Gasteiger charge is -2.20. The lowest BCUT2D eigenvalue weighted by Crippen LogP contribution is -2.29. The molecule has 0 bridgehead atoms. The zero-order chi connectivity index (χ0) is 19.4. The van der Waals surface area contributed by atoms with E-state index in [1.807, 2.05) is 6.07 Å². The molecule has 0 aliphatic carbocycles. The van der Waals surface area contributed by atoms with Crippen LogP contribution < -0.4 is 9.04 Å². The Hall–Kier alpha value is -3.38. The molecule has 0 saturated carbocycles. The van der Waals surface area contributed by atoms with Crippen LogP contribution in [-0.4, -0.2) is 32.0 Å². The molecular formula is C18H16N4O4S. The summed E-state index contributed by atoms with van der Waals surface area (Å²) in [5, 5.41) is 16.9. The van der Waals surface area contributed by atoms with Crippen LogP contribution in [0.4, 0.5) is 5.69 Å². The van der Waals surface area contributed by atoms with Crippen molar-refractivity contribution in [1.29, 1.82) is 5.26 Å². The molecule has 138 valence electrons. The van der Waals surface area contributed by atoms with Crippen LogP contribution in [0.5, 0.6) is 5.75 Å². The van der Waals surface area contributed by atoms with Crippen molar-refractivity contribution in [3.8, 4) is 23.3 Å². The van der Waals surface area contributed by atoms with Crippen molar-refractivity contribution in [2.75, 3.05) is 17.7 Å². The quantitative estimate of drug-likeness (QED) is 0.642. The van der Waals surface area contributed by atoms with Gasteiger partial charge >= 0.3 is 0 Å². The van der Waals surface area contributed by atoms with Gasteiger partial charge in [0.15, 0.2) is 0 Å². The fourth-order valence-electron chi connectivity index (χ4n) is 2.42. The third-order valence-corrected chi connectivity index (χ3v) is 4.89. The zero-order valence-corrected chi connectivity index (χ0v) is 15.5. The van der Waals surface area contributed by atoms with Gasteiger partial charge in [0, 0.05) is 5.56 Å². The molecule has 0 spiro atoms. The van der Waals surface area contributed by atoms with E-state index in [0.717, 1.165) is 10.6 Å². The van der Waals surface area contributed by atoms with Crippen LogP contribution in [0.2, 0.25) is 0 Å². The second-order valence-corrected chi connectivity index (χ2v) is 7.57. The Balaban J connectivity index is 1.89. The van der Waals surface area contributed by atoms with Crippen LogP contribution in [0, 0.1) is 11.3 Å². The van der Waals surface area contributed by atoms with Gasteiger partial charge in [0.2, 0.25) is 21.8 Å². The van der Waals surface area contributed by atoms with Crippen LogP contribution >= 0.6 is 0 Å². The highest BCUT2D eigenvalue weighted by atomic mass is 32.2. The van der Waals surface area contributed by atoms with Crippen molar-refractivity contribution >= 4 is 15.7 Å². The van der Waals surface area contributed by atoms with E-state index >= 15 is 0 Å². The van der Waals surface area contributed by atoms with Gasteiger partial charge in [-0.2, -0.15) is 5.26 Å². The minimum absolute atomic E-state index is 0.133. The smallest absolute Gasteiger partial charge is 0.247 e. The SMILES string of the molecule is COc1ccc(-c2nnc(CN(c3cccc(C#N)c3)S(C)(=O)=O)o2)cc1. The summed E-state index contributed by atoms with van der Waals surface area (Å²) in [6, 6.07) is 15.3. The number of nitriles is 1. The topological polar surface area (TPSA) is 109 Å². The molecule has 0 atom stereocenters. The molecule has 1 aromatic heterocycles. The minimum Gasteiger partial charge on any atom is -0.497 e. The molecule has 2 aromatic carbocycles. The summed E-state index contributed by atoms with van der Waals surface area (Å²) in [5.41, 5.74) is 1.39. The standard InChI is InChI=1S/C18H16N4O4S/c1-25-16-8-6-14(7-9-16)18-21-20-17(26-18)12-22(27(2,23)24)15-5-3-4-13(10-15)11-19/h3-10H,12H2,1-2H3. The first-order valence-electron chi connectivity index (χ1n) is 7.85. The van der Waals surface area contributed by atoms with Gasteiger partial charge in [-0.05, 0) is 42.5 Å². The molecule has 0 amide bonds. The van der Waals surface area contributed by atoms with E-state index in [9.17, 15) is 8.42 Å². The molecule has 3 rings (SSSR count). The van der Waals surface area contributed by atoms with Crippen LogP contribution in [0.1, 0.15) is 11.5 Å². The average Bonchev–Trinajstić information content (AvgIpc) is 3.14. The van der Waals surface area contributed by atoms with E-state index in [-0.39, 0.29) is 18.3 Å². The zero-order valence-electron chi connectivity index (χ0n) is 14.7. The number of hydrogen-bond donors (Lipinski definition) is 0. The van der Waals surface area contributed by atoms with Crippen molar-refractivity contribution in [2.45, 2.75) is 6.54 Å². The average molecular weight is 384 g/mol. The second kappa shape index (κ2) is 7.47. The highest BCUT2D eigenvalue weighted by Crippen LogP contribution is 2.24. The first kappa shape index (κ1) is 18.4. The van der Waals surface area contributed by atoms with Gasteiger partial charge in [0.25, 0.3) is 0 Å². The molecule has 0 fully saturated rings. The third-order valence-electron chi connectivity index (χ3n) is 3.75. The number of sulfonamides is 1. The molecule has 8 nitrogen and oxygen atoms in total. The maximum absolute atomic E-state index is 12.2. The van der Waals surface area contributed by atoms with Gasteiger partial charge in [-0.15, -0.1) is 10.2 Å². The lowest BCUT2D eigenvalue weighted by atomic mass is 10.2. The Kier molecular flexibility index (Phi) is 5.09. The summed E-state index contributed by atoms with van der Waals surface area (Å²) in [6.45, 7) is -0.142. The summed E-state index contributed by atoms with van der Waals surface area (Å²) >= 11 is 0. The molecule has 1 heterocycles. The molecule has 0 aliphatic rings. The second-order valence-electron chi connectivity index (χ2n) is 5.66.